The van der Waals surface area contributed by atoms with Crippen molar-refractivity contribution in [2.45, 2.75) is 59.9 Å². The number of aryl methyl sites for hydroxylation is 2. The first-order chi connectivity index (χ1) is 9.21. The molecule has 0 saturated heterocycles. The Morgan fingerprint density at radius 2 is 2.11 bits per heavy atom. The minimum absolute atomic E-state index is 0.959. The average molecular weight is 263 g/mol. The van der Waals surface area contributed by atoms with Crippen molar-refractivity contribution >= 4 is 0 Å². The third-order valence-corrected chi connectivity index (χ3v) is 3.28. The van der Waals surface area contributed by atoms with E-state index in [0.717, 1.165) is 38.9 Å². The maximum absolute atomic E-state index is 4.60. The molecule has 1 heterocycles. The summed E-state index contributed by atoms with van der Waals surface area (Å²) in [6.07, 6.45) is 6.71. The van der Waals surface area contributed by atoms with Gasteiger partial charge in [-0.2, -0.15) is 5.10 Å². The Hall–Kier alpha value is -1.09. The Labute approximate surface area is 118 Å². The van der Waals surface area contributed by atoms with Crippen LogP contribution in [0.3, 0.4) is 0 Å². The molecule has 0 bridgehead atoms. The van der Waals surface area contributed by atoms with E-state index in [9.17, 15) is 0 Å². The van der Waals surface area contributed by atoms with Crippen LogP contribution in [0, 0.1) is 0 Å². The molecular weight excluding hydrogens is 234 g/mol. The predicted octanol–water partition coefficient (Wildman–Crippen LogP) is 3.34. The number of allylic oxidation sites excluding steroid dienone is 1. The van der Waals surface area contributed by atoms with Gasteiger partial charge in [-0.1, -0.05) is 25.5 Å². The molecule has 0 amide bonds. The van der Waals surface area contributed by atoms with E-state index >= 15 is 0 Å². The van der Waals surface area contributed by atoms with Gasteiger partial charge in [0.15, 0.2) is 0 Å². The van der Waals surface area contributed by atoms with E-state index in [2.05, 4.69) is 54.9 Å². The van der Waals surface area contributed by atoms with Crippen molar-refractivity contribution in [1.29, 1.82) is 0 Å². The summed E-state index contributed by atoms with van der Waals surface area (Å²) in [6, 6.07) is 2.25. The first-order valence-corrected chi connectivity index (χ1v) is 7.63. The van der Waals surface area contributed by atoms with Gasteiger partial charge < -0.3 is 5.32 Å². The van der Waals surface area contributed by atoms with Crippen LogP contribution >= 0.6 is 0 Å². The maximum atomic E-state index is 4.60. The molecule has 0 aliphatic heterocycles. The molecule has 0 aliphatic rings. The smallest absolute Gasteiger partial charge is 0.0624 e. The summed E-state index contributed by atoms with van der Waals surface area (Å²) in [6.45, 7) is 11.9. The SMILES string of the molecule is CCCNCCC=C(C)Cc1cc(CC)nn1CC. The van der Waals surface area contributed by atoms with Crippen molar-refractivity contribution in [2.75, 3.05) is 13.1 Å². The van der Waals surface area contributed by atoms with Crippen molar-refractivity contribution < 1.29 is 0 Å². The maximum Gasteiger partial charge on any atom is 0.0624 e. The fraction of sp³-hybridized carbons (Fsp3) is 0.688. The van der Waals surface area contributed by atoms with Crippen molar-refractivity contribution in [2.24, 2.45) is 0 Å². The zero-order valence-corrected chi connectivity index (χ0v) is 13.0. The van der Waals surface area contributed by atoms with Crippen LogP contribution in [-0.2, 0) is 19.4 Å². The second kappa shape index (κ2) is 8.92. The molecule has 3 heteroatoms. The summed E-state index contributed by atoms with van der Waals surface area (Å²) in [5.74, 6) is 0. The fourth-order valence-corrected chi connectivity index (χ4v) is 2.18. The first kappa shape index (κ1) is 16.0. The minimum atomic E-state index is 0.959. The average Bonchev–Trinajstić information content (AvgIpc) is 2.80. The van der Waals surface area contributed by atoms with E-state index in [1.807, 2.05) is 0 Å². The topological polar surface area (TPSA) is 29.9 Å². The number of hydrogen-bond donors (Lipinski definition) is 1. The van der Waals surface area contributed by atoms with Crippen molar-refractivity contribution in [3.8, 4) is 0 Å². The highest BCUT2D eigenvalue weighted by Gasteiger charge is 2.05. The molecule has 1 N–H and O–H groups in total. The lowest BCUT2D eigenvalue weighted by atomic mass is 10.1. The Morgan fingerprint density at radius 1 is 1.32 bits per heavy atom. The Kier molecular flexibility index (Phi) is 7.49. The van der Waals surface area contributed by atoms with Gasteiger partial charge in [0.2, 0.25) is 0 Å². The van der Waals surface area contributed by atoms with Gasteiger partial charge in [0.05, 0.1) is 5.69 Å². The monoisotopic (exact) mass is 263 g/mol. The molecule has 0 aromatic carbocycles. The molecule has 0 aliphatic carbocycles. The fourth-order valence-electron chi connectivity index (χ4n) is 2.18. The van der Waals surface area contributed by atoms with E-state index in [1.165, 1.54) is 23.4 Å². The molecule has 0 fully saturated rings. The zero-order valence-electron chi connectivity index (χ0n) is 13.0. The molecule has 0 unspecified atom stereocenters. The second-order valence-corrected chi connectivity index (χ2v) is 5.06. The molecule has 0 atom stereocenters. The van der Waals surface area contributed by atoms with Gasteiger partial charge in [-0.25, -0.2) is 0 Å². The Morgan fingerprint density at radius 3 is 2.74 bits per heavy atom. The van der Waals surface area contributed by atoms with Crippen LogP contribution in [0.15, 0.2) is 17.7 Å². The van der Waals surface area contributed by atoms with E-state index in [1.54, 1.807) is 0 Å². The summed E-state index contributed by atoms with van der Waals surface area (Å²) in [5.41, 5.74) is 3.99. The van der Waals surface area contributed by atoms with Crippen molar-refractivity contribution in [3.05, 3.63) is 29.1 Å². The Bertz CT molecular complexity index is 391. The summed E-state index contributed by atoms with van der Waals surface area (Å²) >= 11 is 0. The third kappa shape index (κ3) is 5.60. The lowest BCUT2D eigenvalue weighted by Crippen LogP contribution is -2.15. The van der Waals surface area contributed by atoms with Gasteiger partial charge in [-0.05, 0) is 52.3 Å². The largest absolute Gasteiger partial charge is 0.316 e. The van der Waals surface area contributed by atoms with Crippen LogP contribution in [-0.4, -0.2) is 22.9 Å². The highest BCUT2D eigenvalue weighted by atomic mass is 15.3. The molecule has 1 aromatic heterocycles. The summed E-state index contributed by atoms with van der Waals surface area (Å²) in [5, 5.41) is 8.03. The van der Waals surface area contributed by atoms with E-state index in [4.69, 9.17) is 0 Å². The summed E-state index contributed by atoms with van der Waals surface area (Å²) < 4.78 is 2.13. The van der Waals surface area contributed by atoms with Gasteiger partial charge >= 0.3 is 0 Å². The normalized spacial score (nSPS) is 12.1. The molecule has 108 valence electrons. The molecule has 1 aromatic rings. The van der Waals surface area contributed by atoms with Crippen LogP contribution in [0.25, 0.3) is 0 Å². The van der Waals surface area contributed by atoms with E-state index in [-0.39, 0.29) is 0 Å². The first-order valence-electron chi connectivity index (χ1n) is 7.63. The number of rotatable bonds is 9. The van der Waals surface area contributed by atoms with Crippen LogP contribution < -0.4 is 5.32 Å². The third-order valence-electron chi connectivity index (χ3n) is 3.28. The predicted molar refractivity (Wildman–Crippen MR) is 82.5 cm³/mol. The van der Waals surface area contributed by atoms with Crippen molar-refractivity contribution in [3.63, 3.8) is 0 Å². The van der Waals surface area contributed by atoms with Crippen LogP contribution in [0.5, 0.6) is 0 Å². The lowest BCUT2D eigenvalue weighted by Gasteiger charge is -2.05. The molecular formula is C16H29N3. The van der Waals surface area contributed by atoms with Gasteiger partial charge in [0.1, 0.15) is 0 Å². The number of hydrogen-bond acceptors (Lipinski definition) is 2. The highest BCUT2D eigenvalue weighted by molar-refractivity contribution is 5.17. The molecule has 0 saturated carbocycles. The molecule has 19 heavy (non-hydrogen) atoms. The Balaban J connectivity index is 2.48. The summed E-state index contributed by atoms with van der Waals surface area (Å²) in [4.78, 5) is 0. The highest BCUT2D eigenvalue weighted by Crippen LogP contribution is 2.11. The zero-order chi connectivity index (χ0) is 14.1. The van der Waals surface area contributed by atoms with Crippen LogP contribution in [0.1, 0.15) is 51.9 Å². The molecule has 0 spiro atoms. The molecule has 0 radical (unpaired) electrons. The standard InChI is InChI=1S/C16H29N3/c1-5-10-17-11-8-9-14(4)12-16-13-15(6-2)18-19(16)7-3/h9,13,17H,5-8,10-12H2,1-4H3. The quantitative estimate of drug-likeness (QED) is 0.547. The van der Waals surface area contributed by atoms with E-state index < -0.39 is 0 Å². The molecule has 3 nitrogen and oxygen atoms in total. The number of aromatic nitrogens is 2. The lowest BCUT2D eigenvalue weighted by molar-refractivity contribution is 0.619. The molecule has 1 rings (SSSR count). The number of nitrogens with one attached hydrogen (secondary N) is 1. The summed E-state index contributed by atoms with van der Waals surface area (Å²) in [7, 11) is 0. The van der Waals surface area contributed by atoms with Gasteiger partial charge in [-0.3, -0.25) is 4.68 Å². The van der Waals surface area contributed by atoms with Gasteiger partial charge in [0, 0.05) is 18.7 Å². The number of nitrogens with zero attached hydrogens (tertiary/aromatic N) is 2. The second-order valence-electron chi connectivity index (χ2n) is 5.06. The van der Waals surface area contributed by atoms with Crippen molar-refractivity contribution in [1.82, 2.24) is 15.1 Å². The van der Waals surface area contributed by atoms with Gasteiger partial charge in [-0.15, -0.1) is 0 Å². The van der Waals surface area contributed by atoms with Crippen LogP contribution in [0.2, 0.25) is 0 Å². The minimum Gasteiger partial charge on any atom is -0.316 e. The van der Waals surface area contributed by atoms with Crippen LogP contribution in [0.4, 0.5) is 0 Å². The van der Waals surface area contributed by atoms with Gasteiger partial charge in [0.25, 0.3) is 0 Å². The van der Waals surface area contributed by atoms with E-state index in [0.29, 0.717) is 0 Å².